The predicted molar refractivity (Wildman–Crippen MR) is 154 cm³/mol. The summed E-state index contributed by atoms with van der Waals surface area (Å²) < 4.78 is 7.15. The lowest BCUT2D eigenvalue weighted by Crippen LogP contribution is -2.19. The Morgan fingerprint density at radius 1 is 1.08 bits per heavy atom. The summed E-state index contributed by atoms with van der Waals surface area (Å²) in [7, 11) is 1.36. The number of rotatable bonds is 7. The Balaban J connectivity index is 1.85. The van der Waals surface area contributed by atoms with Crippen LogP contribution in [0.1, 0.15) is 67.7 Å². The van der Waals surface area contributed by atoms with Crippen LogP contribution in [0.15, 0.2) is 49.1 Å². The van der Waals surface area contributed by atoms with Crippen molar-refractivity contribution in [1.29, 1.82) is 0 Å². The molecule has 2 aromatic heterocycles. The standard InChI is InChI=1S/C31H34N2O3S/c1-9-14-33-25-13-12-22(17(2)3)16-24(25)20(6)28(33)29(34)32-30-27(31(35)36-8)26(21(7)37-30)23-11-10-18(4)19(5)15-23/h9-13,15-17H,1,14H2,2-8H3,(H,32,34). The quantitative estimate of drug-likeness (QED) is 0.201. The van der Waals surface area contributed by atoms with Crippen molar-refractivity contribution >= 4 is 39.1 Å². The predicted octanol–water partition coefficient (Wildman–Crippen LogP) is 7.95. The number of amides is 1. The number of thiophene rings is 1. The Kier molecular flexibility index (Phi) is 7.42. The Morgan fingerprint density at radius 2 is 1.81 bits per heavy atom. The van der Waals surface area contributed by atoms with Crippen LogP contribution in [0.25, 0.3) is 22.0 Å². The van der Waals surface area contributed by atoms with Crippen LogP contribution in [0, 0.1) is 27.7 Å². The SMILES string of the molecule is C=CCn1c(C(=O)Nc2sc(C)c(-c3ccc(C)c(C)c3)c2C(=O)OC)c(C)c2cc(C(C)C)ccc21. The molecule has 0 aliphatic carbocycles. The lowest BCUT2D eigenvalue weighted by atomic mass is 9.97. The van der Waals surface area contributed by atoms with Crippen molar-refractivity contribution in [3.05, 3.63) is 87.4 Å². The molecule has 0 radical (unpaired) electrons. The molecule has 0 spiro atoms. The van der Waals surface area contributed by atoms with E-state index in [4.69, 9.17) is 4.74 Å². The fourth-order valence-electron chi connectivity index (χ4n) is 4.85. The highest BCUT2D eigenvalue weighted by Gasteiger charge is 2.27. The number of anilines is 1. The van der Waals surface area contributed by atoms with Crippen molar-refractivity contribution < 1.29 is 14.3 Å². The van der Waals surface area contributed by atoms with Gasteiger partial charge in [0.15, 0.2) is 0 Å². The van der Waals surface area contributed by atoms with E-state index in [1.807, 2.05) is 37.5 Å². The highest BCUT2D eigenvalue weighted by Crippen LogP contribution is 2.41. The summed E-state index contributed by atoms with van der Waals surface area (Å²) in [4.78, 5) is 27.8. The van der Waals surface area contributed by atoms with Gasteiger partial charge in [-0.05, 0) is 73.6 Å². The van der Waals surface area contributed by atoms with Gasteiger partial charge in [-0.1, -0.05) is 44.2 Å². The molecule has 0 aliphatic rings. The third-order valence-electron chi connectivity index (χ3n) is 7.03. The maximum atomic E-state index is 13.8. The Morgan fingerprint density at radius 3 is 2.43 bits per heavy atom. The molecule has 2 heterocycles. The number of methoxy groups -OCH3 is 1. The summed E-state index contributed by atoms with van der Waals surface area (Å²) in [6.45, 7) is 16.8. The maximum absolute atomic E-state index is 13.8. The minimum atomic E-state index is -0.474. The largest absolute Gasteiger partial charge is 0.465 e. The lowest BCUT2D eigenvalue weighted by molar-refractivity contribution is 0.0603. The van der Waals surface area contributed by atoms with E-state index >= 15 is 0 Å². The molecule has 1 N–H and O–H groups in total. The number of ether oxygens (including phenoxy) is 1. The van der Waals surface area contributed by atoms with E-state index in [-0.39, 0.29) is 5.91 Å². The summed E-state index contributed by atoms with van der Waals surface area (Å²) >= 11 is 1.39. The molecule has 0 saturated heterocycles. The molecule has 4 aromatic rings. The number of hydrogen-bond donors (Lipinski definition) is 1. The highest BCUT2D eigenvalue weighted by molar-refractivity contribution is 7.17. The fraction of sp³-hybridized carbons (Fsp3) is 0.290. The molecular formula is C31H34N2O3S. The number of aryl methyl sites for hydroxylation is 4. The zero-order chi connectivity index (χ0) is 27.0. The first-order valence-corrected chi connectivity index (χ1v) is 13.2. The van der Waals surface area contributed by atoms with Crippen LogP contribution < -0.4 is 5.32 Å². The first-order valence-electron chi connectivity index (χ1n) is 12.4. The third kappa shape index (κ3) is 4.74. The zero-order valence-electron chi connectivity index (χ0n) is 22.6. The molecule has 5 nitrogen and oxygen atoms in total. The monoisotopic (exact) mass is 514 g/mol. The molecule has 2 aromatic carbocycles. The molecule has 0 bridgehead atoms. The fourth-order valence-corrected chi connectivity index (χ4v) is 5.91. The van der Waals surface area contributed by atoms with Gasteiger partial charge in [0, 0.05) is 27.9 Å². The van der Waals surface area contributed by atoms with Crippen molar-refractivity contribution in [3.63, 3.8) is 0 Å². The minimum Gasteiger partial charge on any atom is -0.465 e. The number of nitrogens with one attached hydrogen (secondary N) is 1. The van der Waals surface area contributed by atoms with Gasteiger partial charge >= 0.3 is 5.97 Å². The smallest absolute Gasteiger partial charge is 0.341 e. The third-order valence-corrected chi connectivity index (χ3v) is 8.05. The number of nitrogens with zero attached hydrogens (tertiary/aromatic N) is 1. The molecule has 4 rings (SSSR count). The number of fused-ring (bicyclic) bond motifs is 1. The number of allylic oxidation sites excluding steroid dienone is 1. The van der Waals surface area contributed by atoms with Crippen molar-refractivity contribution in [1.82, 2.24) is 4.57 Å². The van der Waals surface area contributed by atoms with Crippen LogP contribution in [-0.2, 0) is 11.3 Å². The molecule has 0 atom stereocenters. The van der Waals surface area contributed by atoms with Gasteiger partial charge in [-0.15, -0.1) is 17.9 Å². The molecule has 1 amide bonds. The molecule has 0 saturated carbocycles. The van der Waals surface area contributed by atoms with Gasteiger partial charge in [0.05, 0.1) is 7.11 Å². The average Bonchev–Trinajstić information content (AvgIpc) is 3.33. The molecule has 192 valence electrons. The molecule has 37 heavy (non-hydrogen) atoms. The van der Waals surface area contributed by atoms with Crippen molar-refractivity contribution in [3.8, 4) is 11.1 Å². The summed E-state index contributed by atoms with van der Waals surface area (Å²) in [6.07, 6.45) is 1.79. The zero-order valence-corrected chi connectivity index (χ0v) is 23.4. The van der Waals surface area contributed by atoms with E-state index in [2.05, 4.69) is 56.9 Å². The van der Waals surface area contributed by atoms with E-state index in [1.165, 1.54) is 29.6 Å². The van der Waals surface area contributed by atoms with E-state index in [0.717, 1.165) is 38.0 Å². The van der Waals surface area contributed by atoms with E-state index in [0.29, 0.717) is 28.7 Å². The van der Waals surface area contributed by atoms with Crippen LogP contribution in [0.2, 0.25) is 0 Å². The number of carbonyl (C=O) groups is 2. The number of benzene rings is 2. The molecule has 0 aliphatic heterocycles. The lowest BCUT2D eigenvalue weighted by Gasteiger charge is -2.12. The topological polar surface area (TPSA) is 60.3 Å². The second kappa shape index (κ2) is 10.4. The van der Waals surface area contributed by atoms with Crippen molar-refractivity contribution in [2.75, 3.05) is 12.4 Å². The molecule has 6 heteroatoms. The van der Waals surface area contributed by atoms with Crippen LogP contribution in [0.4, 0.5) is 5.00 Å². The molecule has 0 fully saturated rings. The van der Waals surface area contributed by atoms with Gasteiger partial charge in [0.25, 0.3) is 5.91 Å². The Hall–Kier alpha value is -3.64. The number of carbonyl (C=O) groups excluding carboxylic acids is 2. The van der Waals surface area contributed by atoms with Gasteiger partial charge in [-0.2, -0.15) is 0 Å². The first-order chi connectivity index (χ1) is 17.6. The number of hydrogen-bond acceptors (Lipinski definition) is 4. The van der Waals surface area contributed by atoms with Crippen LogP contribution in [-0.4, -0.2) is 23.6 Å². The number of esters is 1. The van der Waals surface area contributed by atoms with Crippen LogP contribution >= 0.6 is 11.3 Å². The highest BCUT2D eigenvalue weighted by atomic mass is 32.1. The Labute approximate surface area is 222 Å². The number of aromatic nitrogens is 1. The van der Waals surface area contributed by atoms with E-state index in [9.17, 15) is 9.59 Å². The summed E-state index contributed by atoms with van der Waals surface area (Å²) in [6, 6.07) is 12.5. The molecule has 0 unspecified atom stereocenters. The van der Waals surface area contributed by atoms with Crippen molar-refractivity contribution in [2.24, 2.45) is 0 Å². The normalized spacial score (nSPS) is 11.2. The summed E-state index contributed by atoms with van der Waals surface area (Å²) in [5.74, 6) is -0.359. The average molecular weight is 515 g/mol. The van der Waals surface area contributed by atoms with Gasteiger partial charge in [0.2, 0.25) is 0 Å². The summed E-state index contributed by atoms with van der Waals surface area (Å²) in [5.41, 5.74) is 8.08. The van der Waals surface area contributed by atoms with E-state index < -0.39 is 5.97 Å². The second-order valence-electron chi connectivity index (χ2n) is 9.79. The van der Waals surface area contributed by atoms with Crippen LogP contribution in [0.5, 0.6) is 0 Å². The molecular weight excluding hydrogens is 480 g/mol. The van der Waals surface area contributed by atoms with Gasteiger partial charge in [-0.3, -0.25) is 4.79 Å². The Bertz CT molecular complexity index is 1540. The second-order valence-corrected chi connectivity index (χ2v) is 11.0. The first kappa shape index (κ1) is 26.4. The van der Waals surface area contributed by atoms with Gasteiger partial charge in [0.1, 0.15) is 16.3 Å². The van der Waals surface area contributed by atoms with Gasteiger partial charge < -0.3 is 14.6 Å². The minimum absolute atomic E-state index is 0.264. The van der Waals surface area contributed by atoms with E-state index in [1.54, 1.807) is 6.08 Å². The van der Waals surface area contributed by atoms with Gasteiger partial charge in [-0.25, -0.2) is 4.79 Å². The summed E-state index contributed by atoms with van der Waals surface area (Å²) in [5, 5.41) is 4.59. The van der Waals surface area contributed by atoms with Crippen molar-refractivity contribution in [2.45, 2.75) is 54.0 Å². The van der Waals surface area contributed by atoms with Crippen LogP contribution in [0.3, 0.4) is 0 Å². The maximum Gasteiger partial charge on any atom is 0.341 e.